The number of hydrogen-bond donors (Lipinski definition) is 1. The van der Waals surface area contributed by atoms with Gasteiger partial charge in [-0.1, -0.05) is 43.2 Å². The number of amides is 1. The van der Waals surface area contributed by atoms with Gasteiger partial charge in [-0.2, -0.15) is 0 Å². The van der Waals surface area contributed by atoms with Gasteiger partial charge < -0.3 is 10.1 Å². The summed E-state index contributed by atoms with van der Waals surface area (Å²) in [6.45, 7) is 0.497. The van der Waals surface area contributed by atoms with E-state index in [0.29, 0.717) is 6.61 Å². The number of nitrogens with one attached hydrogen (secondary N) is 1. The van der Waals surface area contributed by atoms with Crippen molar-refractivity contribution in [1.82, 2.24) is 0 Å². The number of benzene rings is 2. The summed E-state index contributed by atoms with van der Waals surface area (Å²) in [5.74, 6) is 1.19. The van der Waals surface area contributed by atoms with Gasteiger partial charge >= 0.3 is 0 Å². The predicted molar refractivity (Wildman–Crippen MR) is 87.8 cm³/mol. The molecule has 2 aromatic rings. The van der Waals surface area contributed by atoms with Crippen LogP contribution in [0.1, 0.15) is 31.2 Å². The third-order valence-electron chi connectivity index (χ3n) is 4.07. The van der Waals surface area contributed by atoms with Gasteiger partial charge in [0.25, 0.3) is 0 Å². The summed E-state index contributed by atoms with van der Waals surface area (Å²) >= 11 is 0. The van der Waals surface area contributed by atoms with Gasteiger partial charge in [-0.15, -0.1) is 0 Å². The fourth-order valence-electron chi connectivity index (χ4n) is 2.85. The zero-order valence-corrected chi connectivity index (χ0v) is 12.6. The predicted octanol–water partition coefficient (Wildman–Crippen LogP) is 4.39. The lowest BCUT2D eigenvalue weighted by atomic mass is 10.1. The van der Waals surface area contributed by atoms with Crippen molar-refractivity contribution < 1.29 is 9.53 Å². The number of carbonyl (C=O) groups excluding carboxylic acids is 1. The van der Waals surface area contributed by atoms with Gasteiger partial charge in [0.1, 0.15) is 12.4 Å². The number of para-hydroxylation sites is 1. The second kappa shape index (κ2) is 7.12. The normalized spacial score (nSPS) is 14.7. The summed E-state index contributed by atoms with van der Waals surface area (Å²) < 4.78 is 5.74. The molecule has 1 saturated carbocycles. The molecule has 0 aliphatic heterocycles. The molecule has 0 spiro atoms. The van der Waals surface area contributed by atoms with Crippen LogP contribution in [-0.4, -0.2) is 5.91 Å². The van der Waals surface area contributed by atoms with E-state index in [1.54, 1.807) is 0 Å². The molecule has 0 unspecified atom stereocenters. The Morgan fingerprint density at radius 3 is 2.59 bits per heavy atom. The lowest BCUT2D eigenvalue weighted by Crippen LogP contribution is -2.20. The minimum Gasteiger partial charge on any atom is -0.489 e. The van der Waals surface area contributed by atoms with E-state index in [1.807, 2.05) is 54.6 Å². The fraction of sp³-hybridized carbons (Fsp3) is 0.316. The van der Waals surface area contributed by atoms with Crippen molar-refractivity contribution in [2.45, 2.75) is 32.3 Å². The number of ether oxygens (including phenoxy) is 1. The maximum absolute atomic E-state index is 12.2. The molecule has 0 atom stereocenters. The average molecular weight is 295 g/mol. The average Bonchev–Trinajstić information content (AvgIpc) is 3.09. The summed E-state index contributed by atoms with van der Waals surface area (Å²) in [5.41, 5.74) is 1.90. The van der Waals surface area contributed by atoms with Crippen molar-refractivity contribution in [2.24, 2.45) is 5.92 Å². The van der Waals surface area contributed by atoms with Gasteiger partial charge in [-0.25, -0.2) is 0 Å². The largest absolute Gasteiger partial charge is 0.489 e. The van der Waals surface area contributed by atoms with Crippen LogP contribution >= 0.6 is 0 Å². The highest BCUT2D eigenvalue weighted by atomic mass is 16.5. The van der Waals surface area contributed by atoms with Crippen LogP contribution in [0.5, 0.6) is 5.75 Å². The van der Waals surface area contributed by atoms with E-state index < -0.39 is 0 Å². The Labute approximate surface area is 131 Å². The standard InChI is InChI=1S/C19H21NO2/c21-19(16-8-4-5-9-16)20-17-10-6-7-15(13-17)14-22-18-11-2-1-3-12-18/h1-3,6-7,10-13,16H,4-5,8-9,14H2,(H,20,21). The zero-order valence-electron chi connectivity index (χ0n) is 12.6. The highest BCUT2D eigenvalue weighted by molar-refractivity contribution is 5.92. The van der Waals surface area contributed by atoms with E-state index in [4.69, 9.17) is 4.74 Å². The Balaban J connectivity index is 1.58. The van der Waals surface area contributed by atoms with Crippen LogP contribution in [0.4, 0.5) is 5.69 Å². The summed E-state index contributed by atoms with van der Waals surface area (Å²) in [4.78, 5) is 12.2. The topological polar surface area (TPSA) is 38.3 Å². The molecule has 22 heavy (non-hydrogen) atoms. The maximum atomic E-state index is 12.2. The molecule has 0 aromatic heterocycles. The Morgan fingerprint density at radius 1 is 1.05 bits per heavy atom. The van der Waals surface area contributed by atoms with Crippen molar-refractivity contribution in [3.05, 3.63) is 60.2 Å². The smallest absolute Gasteiger partial charge is 0.227 e. The molecule has 0 saturated heterocycles. The van der Waals surface area contributed by atoms with E-state index in [-0.39, 0.29) is 11.8 Å². The first-order valence-electron chi connectivity index (χ1n) is 7.89. The van der Waals surface area contributed by atoms with Crippen LogP contribution in [0, 0.1) is 5.92 Å². The maximum Gasteiger partial charge on any atom is 0.227 e. The summed E-state index contributed by atoms with van der Waals surface area (Å²) in [6.07, 6.45) is 4.37. The summed E-state index contributed by atoms with van der Waals surface area (Å²) in [7, 11) is 0. The Kier molecular flexibility index (Phi) is 4.74. The van der Waals surface area contributed by atoms with Crippen LogP contribution in [0.25, 0.3) is 0 Å². The third kappa shape index (κ3) is 3.88. The highest BCUT2D eigenvalue weighted by Gasteiger charge is 2.22. The van der Waals surface area contributed by atoms with Crippen LogP contribution in [0.2, 0.25) is 0 Å². The molecule has 1 N–H and O–H groups in total. The number of anilines is 1. The Bertz CT molecular complexity index is 618. The molecule has 1 aliphatic carbocycles. The summed E-state index contributed by atoms with van der Waals surface area (Å²) in [6, 6.07) is 17.6. The number of hydrogen-bond acceptors (Lipinski definition) is 2. The zero-order chi connectivity index (χ0) is 15.2. The fourth-order valence-corrected chi connectivity index (χ4v) is 2.85. The molecule has 114 valence electrons. The highest BCUT2D eigenvalue weighted by Crippen LogP contribution is 2.26. The minimum atomic E-state index is 0.152. The molecule has 3 rings (SSSR count). The van der Waals surface area contributed by atoms with Crippen LogP contribution in [0.15, 0.2) is 54.6 Å². The van der Waals surface area contributed by atoms with Gasteiger partial charge in [0.2, 0.25) is 5.91 Å². The molecular weight excluding hydrogens is 274 g/mol. The van der Waals surface area contributed by atoms with Crippen LogP contribution in [-0.2, 0) is 11.4 Å². The van der Waals surface area contributed by atoms with E-state index in [0.717, 1.165) is 29.8 Å². The minimum absolute atomic E-state index is 0.152. The molecule has 0 bridgehead atoms. The molecule has 2 aromatic carbocycles. The molecule has 0 radical (unpaired) electrons. The number of carbonyl (C=O) groups is 1. The first-order chi connectivity index (χ1) is 10.8. The van der Waals surface area contributed by atoms with Gasteiger partial charge in [0, 0.05) is 11.6 Å². The third-order valence-corrected chi connectivity index (χ3v) is 4.07. The molecule has 3 nitrogen and oxygen atoms in total. The number of rotatable bonds is 5. The second-order valence-corrected chi connectivity index (χ2v) is 5.77. The lowest BCUT2D eigenvalue weighted by molar-refractivity contribution is -0.119. The lowest BCUT2D eigenvalue weighted by Gasteiger charge is -2.12. The van der Waals surface area contributed by atoms with E-state index in [2.05, 4.69) is 5.32 Å². The van der Waals surface area contributed by atoms with Gasteiger partial charge in [-0.05, 0) is 42.7 Å². The molecule has 0 heterocycles. The van der Waals surface area contributed by atoms with Crippen molar-refractivity contribution in [2.75, 3.05) is 5.32 Å². The first-order valence-corrected chi connectivity index (χ1v) is 7.89. The summed E-state index contributed by atoms with van der Waals surface area (Å²) in [5, 5.41) is 3.03. The van der Waals surface area contributed by atoms with Crippen molar-refractivity contribution in [3.8, 4) is 5.75 Å². The van der Waals surface area contributed by atoms with Gasteiger partial charge in [-0.3, -0.25) is 4.79 Å². The van der Waals surface area contributed by atoms with E-state index in [1.165, 1.54) is 12.8 Å². The quantitative estimate of drug-likeness (QED) is 0.888. The Morgan fingerprint density at radius 2 is 1.82 bits per heavy atom. The van der Waals surface area contributed by atoms with Gasteiger partial charge in [0.15, 0.2) is 0 Å². The molecule has 3 heteroatoms. The second-order valence-electron chi connectivity index (χ2n) is 5.77. The van der Waals surface area contributed by atoms with Crippen molar-refractivity contribution in [3.63, 3.8) is 0 Å². The molecular formula is C19H21NO2. The van der Waals surface area contributed by atoms with Crippen molar-refractivity contribution in [1.29, 1.82) is 0 Å². The Hall–Kier alpha value is -2.29. The van der Waals surface area contributed by atoms with E-state index >= 15 is 0 Å². The molecule has 1 aliphatic rings. The first kappa shape index (κ1) is 14.6. The van der Waals surface area contributed by atoms with Crippen LogP contribution in [0.3, 0.4) is 0 Å². The monoisotopic (exact) mass is 295 g/mol. The van der Waals surface area contributed by atoms with E-state index in [9.17, 15) is 4.79 Å². The molecule has 1 amide bonds. The van der Waals surface area contributed by atoms with Gasteiger partial charge in [0.05, 0.1) is 0 Å². The molecule has 1 fully saturated rings. The SMILES string of the molecule is O=C(Nc1cccc(COc2ccccc2)c1)C1CCCC1. The van der Waals surface area contributed by atoms with Crippen molar-refractivity contribution >= 4 is 11.6 Å². The van der Waals surface area contributed by atoms with Crippen LogP contribution < -0.4 is 10.1 Å².